The lowest BCUT2D eigenvalue weighted by atomic mass is 10.2. The van der Waals surface area contributed by atoms with E-state index in [4.69, 9.17) is 4.98 Å². The molecule has 1 aromatic carbocycles. The zero-order valence-electron chi connectivity index (χ0n) is 15.7. The standard InChI is InChI=1S/C20H28FN5/c1-3-4-5-10-22-19-15-16(2)23-20(24-19)26-13-11-25(12-14-26)18-8-6-17(21)7-9-18/h6-9,15H,3-5,10-14H2,1-2H3,(H,22,23,24). The number of unbranched alkanes of at least 4 members (excludes halogenated alkanes) is 2. The SMILES string of the molecule is CCCCCNc1cc(C)nc(N2CCN(c3ccc(F)cc3)CC2)n1. The monoisotopic (exact) mass is 357 g/mol. The lowest BCUT2D eigenvalue weighted by Crippen LogP contribution is -2.47. The number of hydrogen-bond acceptors (Lipinski definition) is 5. The molecule has 1 aliphatic heterocycles. The van der Waals surface area contributed by atoms with Gasteiger partial charge in [0.05, 0.1) is 0 Å². The van der Waals surface area contributed by atoms with Gasteiger partial charge in [0.15, 0.2) is 0 Å². The molecule has 1 N–H and O–H groups in total. The number of halogens is 1. The summed E-state index contributed by atoms with van der Waals surface area (Å²) in [6.45, 7) is 8.63. The van der Waals surface area contributed by atoms with Crippen LogP contribution in [0.25, 0.3) is 0 Å². The highest BCUT2D eigenvalue weighted by Crippen LogP contribution is 2.20. The van der Waals surface area contributed by atoms with Gasteiger partial charge in [-0.25, -0.2) is 9.37 Å². The fraction of sp³-hybridized carbons (Fsp3) is 0.500. The Morgan fingerprint density at radius 1 is 1.00 bits per heavy atom. The third-order valence-electron chi connectivity index (χ3n) is 4.68. The van der Waals surface area contributed by atoms with Crippen LogP contribution < -0.4 is 15.1 Å². The van der Waals surface area contributed by atoms with Crippen molar-refractivity contribution in [2.45, 2.75) is 33.1 Å². The van der Waals surface area contributed by atoms with Crippen LogP contribution in [0.4, 0.5) is 21.8 Å². The molecule has 0 amide bonds. The van der Waals surface area contributed by atoms with E-state index in [1.54, 1.807) is 0 Å². The first kappa shape index (κ1) is 18.4. The lowest BCUT2D eigenvalue weighted by molar-refractivity contribution is 0.623. The Labute approximate surface area is 155 Å². The fourth-order valence-corrected chi connectivity index (χ4v) is 3.19. The van der Waals surface area contributed by atoms with Crippen LogP contribution >= 0.6 is 0 Å². The van der Waals surface area contributed by atoms with E-state index >= 15 is 0 Å². The molecule has 0 aliphatic carbocycles. The average molecular weight is 357 g/mol. The van der Waals surface area contributed by atoms with Gasteiger partial charge in [-0.05, 0) is 37.6 Å². The van der Waals surface area contributed by atoms with Crippen LogP contribution in [0.1, 0.15) is 31.9 Å². The van der Waals surface area contributed by atoms with Crippen LogP contribution in [0.3, 0.4) is 0 Å². The first-order valence-corrected chi connectivity index (χ1v) is 9.50. The van der Waals surface area contributed by atoms with E-state index in [0.29, 0.717) is 0 Å². The summed E-state index contributed by atoms with van der Waals surface area (Å²) in [6.07, 6.45) is 3.61. The van der Waals surface area contributed by atoms with Crippen molar-refractivity contribution in [3.05, 3.63) is 41.8 Å². The number of anilines is 3. The minimum atomic E-state index is -0.195. The van der Waals surface area contributed by atoms with Gasteiger partial charge in [-0.1, -0.05) is 19.8 Å². The average Bonchev–Trinajstić information content (AvgIpc) is 2.66. The third kappa shape index (κ3) is 4.84. The number of benzene rings is 1. The van der Waals surface area contributed by atoms with Gasteiger partial charge < -0.3 is 15.1 Å². The van der Waals surface area contributed by atoms with Gasteiger partial charge in [-0.3, -0.25) is 0 Å². The van der Waals surface area contributed by atoms with Crippen molar-refractivity contribution in [2.75, 3.05) is 47.8 Å². The Hall–Kier alpha value is -2.37. The zero-order valence-corrected chi connectivity index (χ0v) is 15.7. The minimum absolute atomic E-state index is 0.195. The second kappa shape index (κ2) is 8.83. The second-order valence-electron chi connectivity index (χ2n) is 6.78. The van der Waals surface area contributed by atoms with Crippen LogP contribution in [-0.2, 0) is 0 Å². The van der Waals surface area contributed by atoms with Gasteiger partial charge in [0, 0.05) is 50.2 Å². The van der Waals surface area contributed by atoms with E-state index in [1.807, 2.05) is 25.1 Å². The molecule has 0 radical (unpaired) electrons. The van der Waals surface area contributed by atoms with Crippen LogP contribution in [0, 0.1) is 12.7 Å². The molecule has 3 rings (SSSR count). The molecule has 0 spiro atoms. The maximum Gasteiger partial charge on any atom is 0.227 e. The Balaban J connectivity index is 1.59. The van der Waals surface area contributed by atoms with Gasteiger partial charge >= 0.3 is 0 Å². The molecule has 6 heteroatoms. The first-order chi connectivity index (χ1) is 12.7. The third-order valence-corrected chi connectivity index (χ3v) is 4.68. The summed E-state index contributed by atoms with van der Waals surface area (Å²) in [5.41, 5.74) is 2.04. The fourth-order valence-electron chi connectivity index (χ4n) is 3.19. The summed E-state index contributed by atoms with van der Waals surface area (Å²) < 4.78 is 13.1. The molecule has 5 nitrogen and oxygen atoms in total. The molecule has 1 saturated heterocycles. The highest BCUT2D eigenvalue weighted by molar-refractivity contribution is 5.49. The highest BCUT2D eigenvalue weighted by atomic mass is 19.1. The summed E-state index contributed by atoms with van der Waals surface area (Å²) in [4.78, 5) is 13.8. The van der Waals surface area contributed by atoms with E-state index in [-0.39, 0.29) is 5.82 Å². The summed E-state index contributed by atoms with van der Waals surface area (Å²) in [6, 6.07) is 8.72. The molecule has 26 heavy (non-hydrogen) atoms. The van der Waals surface area contributed by atoms with E-state index in [1.165, 1.54) is 25.0 Å². The smallest absolute Gasteiger partial charge is 0.227 e. The summed E-state index contributed by atoms with van der Waals surface area (Å²) in [5.74, 6) is 1.51. The largest absolute Gasteiger partial charge is 0.370 e. The molecule has 2 aromatic rings. The van der Waals surface area contributed by atoms with Crippen molar-refractivity contribution < 1.29 is 4.39 Å². The van der Waals surface area contributed by atoms with E-state index in [9.17, 15) is 4.39 Å². The predicted octanol–water partition coefficient (Wildman–Crippen LogP) is 3.85. The molecule has 0 bridgehead atoms. The Morgan fingerprint density at radius 2 is 1.69 bits per heavy atom. The Kier molecular flexibility index (Phi) is 6.26. The Bertz CT molecular complexity index is 696. The summed E-state index contributed by atoms with van der Waals surface area (Å²) in [7, 11) is 0. The number of hydrogen-bond donors (Lipinski definition) is 1. The van der Waals surface area contributed by atoms with Crippen LogP contribution in [0.15, 0.2) is 30.3 Å². The number of rotatable bonds is 7. The van der Waals surface area contributed by atoms with Crippen molar-refractivity contribution >= 4 is 17.5 Å². The van der Waals surface area contributed by atoms with Gasteiger partial charge in [0.1, 0.15) is 11.6 Å². The molecule has 1 fully saturated rings. The number of aryl methyl sites for hydroxylation is 1. The van der Waals surface area contributed by atoms with E-state index in [0.717, 1.165) is 62.3 Å². The number of nitrogens with one attached hydrogen (secondary N) is 1. The molecule has 1 aromatic heterocycles. The molecular formula is C20H28FN5. The van der Waals surface area contributed by atoms with Gasteiger partial charge in [0.2, 0.25) is 5.95 Å². The molecule has 140 valence electrons. The quantitative estimate of drug-likeness (QED) is 0.763. The zero-order chi connectivity index (χ0) is 18.4. The predicted molar refractivity (Wildman–Crippen MR) is 106 cm³/mol. The van der Waals surface area contributed by atoms with Crippen molar-refractivity contribution in [3.63, 3.8) is 0 Å². The number of nitrogens with zero attached hydrogens (tertiary/aromatic N) is 4. The summed E-state index contributed by atoms with van der Waals surface area (Å²) in [5, 5.41) is 3.42. The molecule has 0 atom stereocenters. The molecule has 0 unspecified atom stereocenters. The first-order valence-electron chi connectivity index (χ1n) is 9.50. The van der Waals surface area contributed by atoms with Crippen molar-refractivity contribution in [2.24, 2.45) is 0 Å². The van der Waals surface area contributed by atoms with Crippen LogP contribution in [0.2, 0.25) is 0 Å². The molecule has 2 heterocycles. The molecule has 1 aliphatic rings. The highest BCUT2D eigenvalue weighted by Gasteiger charge is 2.20. The minimum Gasteiger partial charge on any atom is -0.370 e. The maximum absolute atomic E-state index is 13.1. The Morgan fingerprint density at radius 3 is 2.38 bits per heavy atom. The van der Waals surface area contributed by atoms with Crippen molar-refractivity contribution in [1.82, 2.24) is 9.97 Å². The van der Waals surface area contributed by atoms with E-state index in [2.05, 4.69) is 27.0 Å². The van der Waals surface area contributed by atoms with Gasteiger partial charge in [0.25, 0.3) is 0 Å². The molecular weight excluding hydrogens is 329 g/mol. The molecule has 0 saturated carbocycles. The van der Waals surface area contributed by atoms with Gasteiger partial charge in [-0.15, -0.1) is 0 Å². The maximum atomic E-state index is 13.1. The summed E-state index contributed by atoms with van der Waals surface area (Å²) >= 11 is 0. The second-order valence-corrected chi connectivity index (χ2v) is 6.78. The van der Waals surface area contributed by atoms with Gasteiger partial charge in [-0.2, -0.15) is 4.98 Å². The lowest BCUT2D eigenvalue weighted by Gasteiger charge is -2.36. The number of piperazine rings is 1. The van der Waals surface area contributed by atoms with Crippen molar-refractivity contribution in [3.8, 4) is 0 Å². The van der Waals surface area contributed by atoms with Crippen LogP contribution in [-0.4, -0.2) is 42.7 Å². The van der Waals surface area contributed by atoms with E-state index < -0.39 is 0 Å². The topological polar surface area (TPSA) is 44.3 Å². The van der Waals surface area contributed by atoms with Crippen molar-refractivity contribution in [1.29, 1.82) is 0 Å². The van der Waals surface area contributed by atoms with Crippen LogP contribution in [0.5, 0.6) is 0 Å². The normalized spacial score (nSPS) is 14.6. The number of aromatic nitrogens is 2.